The van der Waals surface area contributed by atoms with Crippen LogP contribution in [0.3, 0.4) is 0 Å². The fraction of sp³-hybridized carbons (Fsp3) is 1.00. The fourth-order valence-electron chi connectivity index (χ4n) is 2.41. The standard InChI is InChI=1S/C10H22N2S/c1-7-4-5-8(10(2,3)13)9(6-7)12-11/h7-9,12-13H,4-6,11H2,1-3H3/t7-,8+,9+/m1/s1. The number of hydrogen-bond donors (Lipinski definition) is 3. The zero-order valence-corrected chi connectivity index (χ0v) is 9.77. The Labute approximate surface area is 87.0 Å². The first-order chi connectivity index (χ1) is 5.95. The van der Waals surface area contributed by atoms with Crippen LogP contribution >= 0.6 is 12.6 Å². The van der Waals surface area contributed by atoms with Gasteiger partial charge in [-0.3, -0.25) is 11.3 Å². The second-order valence-electron chi connectivity index (χ2n) is 4.95. The summed E-state index contributed by atoms with van der Waals surface area (Å²) in [7, 11) is 0. The lowest BCUT2D eigenvalue weighted by Crippen LogP contribution is -2.50. The molecule has 3 atom stereocenters. The first kappa shape index (κ1) is 11.3. The Hall–Kier alpha value is 0.270. The molecular formula is C10H22N2S. The predicted molar refractivity (Wildman–Crippen MR) is 60.7 cm³/mol. The van der Waals surface area contributed by atoms with Gasteiger partial charge in [0.2, 0.25) is 0 Å². The van der Waals surface area contributed by atoms with Gasteiger partial charge in [0, 0.05) is 10.8 Å². The predicted octanol–water partition coefficient (Wildman–Crippen LogP) is 1.96. The van der Waals surface area contributed by atoms with Gasteiger partial charge in [0.1, 0.15) is 0 Å². The van der Waals surface area contributed by atoms with Crippen LogP contribution in [0.5, 0.6) is 0 Å². The van der Waals surface area contributed by atoms with Gasteiger partial charge in [0.05, 0.1) is 0 Å². The minimum atomic E-state index is 0.0805. The van der Waals surface area contributed by atoms with E-state index in [1.54, 1.807) is 0 Å². The molecule has 78 valence electrons. The van der Waals surface area contributed by atoms with Crippen molar-refractivity contribution < 1.29 is 0 Å². The molecule has 1 aliphatic rings. The summed E-state index contributed by atoms with van der Waals surface area (Å²) < 4.78 is 0.0805. The van der Waals surface area contributed by atoms with Gasteiger partial charge in [0.15, 0.2) is 0 Å². The second-order valence-corrected chi connectivity index (χ2v) is 6.10. The van der Waals surface area contributed by atoms with Gasteiger partial charge in [-0.05, 0) is 24.7 Å². The van der Waals surface area contributed by atoms with Gasteiger partial charge in [-0.2, -0.15) is 12.6 Å². The number of thiol groups is 1. The minimum absolute atomic E-state index is 0.0805. The molecule has 2 nitrogen and oxygen atoms in total. The third-order valence-electron chi connectivity index (χ3n) is 3.23. The van der Waals surface area contributed by atoms with Crippen LogP contribution in [0.25, 0.3) is 0 Å². The Morgan fingerprint density at radius 2 is 2.00 bits per heavy atom. The van der Waals surface area contributed by atoms with Crippen molar-refractivity contribution in [3.8, 4) is 0 Å². The highest BCUT2D eigenvalue weighted by Crippen LogP contribution is 2.38. The Kier molecular flexibility index (Phi) is 3.66. The number of nitrogens with one attached hydrogen (secondary N) is 1. The van der Waals surface area contributed by atoms with E-state index in [2.05, 4.69) is 38.8 Å². The van der Waals surface area contributed by atoms with E-state index in [4.69, 9.17) is 5.84 Å². The van der Waals surface area contributed by atoms with Crippen molar-refractivity contribution in [1.82, 2.24) is 5.43 Å². The Morgan fingerprint density at radius 1 is 1.38 bits per heavy atom. The Morgan fingerprint density at radius 3 is 2.46 bits per heavy atom. The van der Waals surface area contributed by atoms with Gasteiger partial charge in [-0.25, -0.2) is 0 Å². The van der Waals surface area contributed by atoms with E-state index in [0.29, 0.717) is 12.0 Å². The number of hydrazine groups is 1. The fourth-order valence-corrected chi connectivity index (χ4v) is 2.72. The normalized spacial score (nSPS) is 36.2. The number of rotatable bonds is 2. The second kappa shape index (κ2) is 4.20. The molecule has 0 amide bonds. The summed E-state index contributed by atoms with van der Waals surface area (Å²) in [5.41, 5.74) is 2.94. The van der Waals surface area contributed by atoms with Gasteiger partial charge in [0.25, 0.3) is 0 Å². The van der Waals surface area contributed by atoms with Crippen LogP contribution in [0.1, 0.15) is 40.0 Å². The Balaban J connectivity index is 2.63. The van der Waals surface area contributed by atoms with Crippen molar-refractivity contribution in [3.05, 3.63) is 0 Å². The van der Waals surface area contributed by atoms with E-state index in [9.17, 15) is 0 Å². The van der Waals surface area contributed by atoms with Crippen LogP contribution in [-0.2, 0) is 0 Å². The molecule has 3 heteroatoms. The lowest BCUT2D eigenvalue weighted by molar-refractivity contribution is 0.187. The molecule has 0 aromatic carbocycles. The van der Waals surface area contributed by atoms with Crippen LogP contribution in [0.4, 0.5) is 0 Å². The largest absolute Gasteiger partial charge is 0.271 e. The molecule has 0 aromatic heterocycles. The molecule has 0 spiro atoms. The summed E-state index contributed by atoms with van der Waals surface area (Å²) in [6.45, 7) is 6.66. The smallest absolute Gasteiger partial charge is 0.0254 e. The molecule has 0 heterocycles. The molecule has 0 radical (unpaired) electrons. The van der Waals surface area contributed by atoms with Gasteiger partial charge in [-0.15, -0.1) is 0 Å². The SMILES string of the molecule is C[C@@H]1CC[C@H](C(C)(C)S)[C@@H](NN)C1. The maximum Gasteiger partial charge on any atom is 0.0254 e. The van der Waals surface area contributed by atoms with E-state index >= 15 is 0 Å². The summed E-state index contributed by atoms with van der Waals surface area (Å²) in [6, 6.07) is 0.441. The summed E-state index contributed by atoms with van der Waals surface area (Å²) >= 11 is 4.64. The van der Waals surface area contributed by atoms with Crippen LogP contribution < -0.4 is 11.3 Å². The van der Waals surface area contributed by atoms with Gasteiger partial charge in [-0.1, -0.05) is 27.2 Å². The van der Waals surface area contributed by atoms with Crippen LogP contribution in [0, 0.1) is 11.8 Å². The lowest BCUT2D eigenvalue weighted by atomic mass is 9.74. The van der Waals surface area contributed by atoms with E-state index in [1.807, 2.05) is 0 Å². The van der Waals surface area contributed by atoms with E-state index in [-0.39, 0.29) is 4.75 Å². The van der Waals surface area contributed by atoms with Crippen molar-refractivity contribution in [1.29, 1.82) is 0 Å². The third kappa shape index (κ3) is 2.86. The zero-order valence-electron chi connectivity index (χ0n) is 8.88. The maximum atomic E-state index is 5.57. The molecule has 1 fully saturated rings. The molecule has 13 heavy (non-hydrogen) atoms. The maximum absolute atomic E-state index is 5.57. The van der Waals surface area contributed by atoms with Crippen molar-refractivity contribution in [2.45, 2.75) is 50.8 Å². The Bertz CT molecular complexity index is 165. The molecule has 1 saturated carbocycles. The quantitative estimate of drug-likeness (QED) is 0.364. The molecule has 0 bridgehead atoms. The van der Waals surface area contributed by atoms with Crippen LogP contribution in [0.2, 0.25) is 0 Å². The summed E-state index contributed by atoms with van der Waals surface area (Å²) in [5.74, 6) is 6.96. The van der Waals surface area contributed by atoms with E-state index < -0.39 is 0 Å². The topological polar surface area (TPSA) is 38.0 Å². The van der Waals surface area contributed by atoms with Crippen molar-refractivity contribution in [3.63, 3.8) is 0 Å². The van der Waals surface area contributed by atoms with Crippen molar-refractivity contribution in [2.24, 2.45) is 17.7 Å². The summed E-state index contributed by atoms with van der Waals surface area (Å²) in [5, 5.41) is 0. The van der Waals surface area contributed by atoms with Crippen molar-refractivity contribution >= 4 is 12.6 Å². The highest BCUT2D eigenvalue weighted by atomic mass is 32.1. The summed E-state index contributed by atoms with van der Waals surface area (Å²) in [6.07, 6.45) is 3.74. The van der Waals surface area contributed by atoms with Crippen LogP contribution in [-0.4, -0.2) is 10.8 Å². The van der Waals surface area contributed by atoms with E-state index in [0.717, 1.165) is 5.92 Å². The average Bonchev–Trinajstić information content (AvgIpc) is 2.01. The third-order valence-corrected chi connectivity index (χ3v) is 3.57. The van der Waals surface area contributed by atoms with Gasteiger partial charge >= 0.3 is 0 Å². The number of nitrogens with two attached hydrogens (primary N) is 1. The zero-order chi connectivity index (χ0) is 10.1. The molecule has 1 aliphatic carbocycles. The average molecular weight is 202 g/mol. The molecular weight excluding hydrogens is 180 g/mol. The summed E-state index contributed by atoms with van der Waals surface area (Å²) in [4.78, 5) is 0. The molecule has 3 N–H and O–H groups in total. The molecule has 0 aliphatic heterocycles. The first-order valence-electron chi connectivity index (χ1n) is 5.13. The van der Waals surface area contributed by atoms with E-state index in [1.165, 1.54) is 19.3 Å². The lowest BCUT2D eigenvalue weighted by Gasteiger charge is -2.41. The van der Waals surface area contributed by atoms with Gasteiger partial charge < -0.3 is 0 Å². The molecule has 0 saturated heterocycles. The monoisotopic (exact) mass is 202 g/mol. The minimum Gasteiger partial charge on any atom is -0.271 e. The first-order valence-corrected chi connectivity index (χ1v) is 5.58. The number of hydrogen-bond acceptors (Lipinski definition) is 3. The highest BCUT2D eigenvalue weighted by molar-refractivity contribution is 7.81. The highest BCUT2D eigenvalue weighted by Gasteiger charge is 2.36. The van der Waals surface area contributed by atoms with Crippen LogP contribution in [0.15, 0.2) is 0 Å². The van der Waals surface area contributed by atoms with Crippen molar-refractivity contribution in [2.75, 3.05) is 0 Å². The molecule has 0 aromatic rings. The molecule has 0 unspecified atom stereocenters. The molecule has 1 rings (SSSR count).